The van der Waals surface area contributed by atoms with Gasteiger partial charge in [0.2, 0.25) is 10.0 Å². The first-order chi connectivity index (χ1) is 9.28. The van der Waals surface area contributed by atoms with E-state index in [0.29, 0.717) is 24.5 Å². The maximum Gasteiger partial charge on any atom is 0.243 e. The largest absolute Gasteiger partial charge is 0.330 e. The minimum Gasteiger partial charge on any atom is -0.330 e. The number of nitrogens with two attached hydrogens (primary N) is 1. The number of hydrogen-bond acceptors (Lipinski definition) is 3. The third-order valence-electron chi connectivity index (χ3n) is 4.48. The van der Waals surface area contributed by atoms with E-state index in [-0.39, 0.29) is 18.3 Å². The summed E-state index contributed by atoms with van der Waals surface area (Å²) in [4.78, 5) is 0.493. The molecule has 2 rings (SSSR count). The molecule has 1 atom stereocenters. The highest BCUT2D eigenvalue weighted by atomic mass is 35.5. The van der Waals surface area contributed by atoms with E-state index in [1.54, 1.807) is 4.31 Å². The Morgan fingerprint density at radius 3 is 2.14 bits per heavy atom. The molecule has 0 saturated carbocycles. The van der Waals surface area contributed by atoms with Crippen LogP contribution in [-0.2, 0) is 10.0 Å². The second-order valence-corrected chi connectivity index (χ2v) is 7.72. The van der Waals surface area contributed by atoms with Gasteiger partial charge >= 0.3 is 0 Å². The van der Waals surface area contributed by atoms with Crippen molar-refractivity contribution in [1.82, 2.24) is 4.31 Å². The molecule has 6 heteroatoms. The summed E-state index contributed by atoms with van der Waals surface area (Å²) in [6.07, 6.45) is 0.860. The standard InChI is InChI=1S/C15H24N2O2S.ClH/c1-10-7-11(2)13(4)15(12(10)3)20(18,19)17-6-5-14(8-16)9-17;/h7,14H,5-6,8-9,16H2,1-4H3;1H. The first-order valence-electron chi connectivity index (χ1n) is 7.06. The Morgan fingerprint density at radius 1 is 1.19 bits per heavy atom. The molecule has 0 amide bonds. The van der Waals surface area contributed by atoms with Crippen molar-refractivity contribution in [3.8, 4) is 0 Å². The Balaban J connectivity index is 0.00000220. The van der Waals surface area contributed by atoms with Crippen molar-refractivity contribution in [1.29, 1.82) is 0 Å². The van der Waals surface area contributed by atoms with Crippen molar-refractivity contribution in [2.75, 3.05) is 19.6 Å². The fraction of sp³-hybridized carbons (Fsp3) is 0.600. The highest BCUT2D eigenvalue weighted by Gasteiger charge is 2.34. The first kappa shape index (κ1) is 18.4. The molecule has 1 aliphatic heterocycles. The number of sulfonamides is 1. The van der Waals surface area contributed by atoms with Crippen LogP contribution < -0.4 is 5.73 Å². The SMILES string of the molecule is Cc1cc(C)c(C)c(S(=O)(=O)N2CCC(CN)C2)c1C.Cl. The monoisotopic (exact) mass is 332 g/mol. The number of rotatable bonds is 3. The minimum atomic E-state index is -3.41. The molecular formula is C15H25ClN2O2S. The van der Waals surface area contributed by atoms with E-state index in [1.807, 2.05) is 27.7 Å². The van der Waals surface area contributed by atoms with Crippen LogP contribution in [0.2, 0.25) is 0 Å². The van der Waals surface area contributed by atoms with Gasteiger partial charge in [-0.2, -0.15) is 4.31 Å². The summed E-state index contributed by atoms with van der Waals surface area (Å²) in [6.45, 7) is 9.40. The third-order valence-corrected chi connectivity index (χ3v) is 6.62. The van der Waals surface area contributed by atoms with Crippen LogP contribution in [0.5, 0.6) is 0 Å². The Bertz CT molecular complexity index is 603. The van der Waals surface area contributed by atoms with Crippen molar-refractivity contribution in [2.45, 2.75) is 39.0 Å². The average molecular weight is 333 g/mol. The van der Waals surface area contributed by atoms with Crippen molar-refractivity contribution in [2.24, 2.45) is 11.7 Å². The fourth-order valence-corrected chi connectivity index (χ4v) is 5.01. The molecule has 1 aliphatic rings. The fourth-order valence-electron chi connectivity index (χ4n) is 2.90. The van der Waals surface area contributed by atoms with Gasteiger partial charge in [-0.25, -0.2) is 8.42 Å². The average Bonchev–Trinajstić information content (AvgIpc) is 2.86. The molecule has 1 unspecified atom stereocenters. The first-order valence-corrected chi connectivity index (χ1v) is 8.50. The number of hydrogen-bond donors (Lipinski definition) is 1. The van der Waals surface area contributed by atoms with Crippen LogP contribution in [0.4, 0.5) is 0 Å². The zero-order valence-corrected chi connectivity index (χ0v) is 14.8. The zero-order chi connectivity index (χ0) is 15.1. The summed E-state index contributed by atoms with van der Waals surface area (Å²) < 4.78 is 27.5. The molecule has 1 aromatic rings. The van der Waals surface area contributed by atoms with E-state index in [4.69, 9.17) is 5.73 Å². The van der Waals surface area contributed by atoms with Gasteiger partial charge in [-0.05, 0) is 68.8 Å². The lowest BCUT2D eigenvalue weighted by Gasteiger charge is -2.21. The van der Waals surface area contributed by atoms with Gasteiger partial charge in [-0.15, -0.1) is 12.4 Å². The molecule has 1 aromatic carbocycles. The third kappa shape index (κ3) is 3.26. The molecule has 21 heavy (non-hydrogen) atoms. The Morgan fingerprint density at radius 2 is 1.71 bits per heavy atom. The molecule has 4 nitrogen and oxygen atoms in total. The summed E-state index contributed by atoms with van der Waals surface area (Å²) >= 11 is 0. The second kappa shape index (κ2) is 6.65. The van der Waals surface area contributed by atoms with Crippen LogP contribution >= 0.6 is 12.4 Å². The normalized spacial score (nSPS) is 19.6. The zero-order valence-electron chi connectivity index (χ0n) is 13.1. The van der Waals surface area contributed by atoms with Crippen LogP contribution in [0.1, 0.15) is 28.7 Å². The van der Waals surface area contributed by atoms with Gasteiger partial charge in [-0.3, -0.25) is 0 Å². The molecule has 1 heterocycles. The molecule has 0 bridgehead atoms. The summed E-state index contributed by atoms with van der Waals surface area (Å²) in [7, 11) is -3.41. The maximum atomic E-state index is 12.9. The second-order valence-electron chi connectivity index (χ2n) is 5.84. The van der Waals surface area contributed by atoms with E-state index in [9.17, 15) is 8.42 Å². The van der Waals surface area contributed by atoms with Crippen LogP contribution in [0, 0.1) is 33.6 Å². The Labute approximate surface area is 134 Å². The smallest absolute Gasteiger partial charge is 0.243 e. The lowest BCUT2D eigenvalue weighted by molar-refractivity contribution is 0.458. The Hall–Kier alpha value is -0.620. The van der Waals surface area contributed by atoms with Crippen molar-refractivity contribution < 1.29 is 8.42 Å². The predicted molar refractivity (Wildman–Crippen MR) is 88.6 cm³/mol. The molecule has 1 fully saturated rings. The molecule has 120 valence electrons. The molecule has 1 saturated heterocycles. The Kier molecular flexibility index (Phi) is 5.83. The summed E-state index contributed by atoms with van der Waals surface area (Å²) in [6, 6.07) is 2.05. The quantitative estimate of drug-likeness (QED) is 0.923. The number of halogens is 1. The molecular weight excluding hydrogens is 308 g/mol. The summed E-state index contributed by atoms with van der Waals surface area (Å²) in [5.41, 5.74) is 9.45. The number of benzene rings is 1. The summed E-state index contributed by atoms with van der Waals surface area (Å²) in [5, 5.41) is 0. The van der Waals surface area contributed by atoms with Crippen molar-refractivity contribution >= 4 is 22.4 Å². The minimum absolute atomic E-state index is 0. The molecule has 0 spiro atoms. The number of nitrogens with zero attached hydrogens (tertiary/aromatic N) is 1. The maximum absolute atomic E-state index is 12.9. The van der Waals surface area contributed by atoms with Crippen LogP contribution in [0.15, 0.2) is 11.0 Å². The highest BCUT2D eigenvalue weighted by molar-refractivity contribution is 7.89. The predicted octanol–water partition coefficient (Wildman–Crippen LogP) is 2.31. The number of aryl methyl sites for hydroxylation is 2. The van der Waals surface area contributed by atoms with Gasteiger partial charge in [0.25, 0.3) is 0 Å². The van der Waals surface area contributed by atoms with E-state index >= 15 is 0 Å². The van der Waals surface area contributed by atoms with Gasteiger partial charge in [0.1, 0.15) is 0 Å². The molecule has 2 N–H and O–H groups in total. The van der Waals surface area contributed by atoms with Crippen molar-refractivity contribution in [3.05, 3.63) is 28.3 Å². The van der Waals surface area contributed by atoms with E-state index in [1.165, 1.54) is 0 Å². The van der Waals surface area contributed by atoms with Gasteiger partial charge in [0.05, 0.1) is 4.90 Å². The van der Waals surface area contributed by atoms with E-state index in [2.05, 4.69) is 6.07 Å². The van der Waals surface area contributed by atoms with E-state index in [0.717, 1.165) is 28.7 Å². The van der Waals surface area contributed by atoms with Gasteiger partial charge < -0.3 is 5.73 Å². The van der Waals surface area contributed by atoms with Crippen LogP contribution in [0.3, 0.4) is 0 Å². The molecule has 0 radical (unpaired) electrons. The lowest BCUT2D eigenvalue weighted by Crippen LogP contribution is -2.31. The lowest BCUT2D eigenvalue weighted by atomic mass is 10.0. The van der Waals surface area contributed by atoms with Crippen LogP contribution in [-0.4, -0.2) is 32.4 Å². The highest BCUT2D eigenvalue weighted by Crippen LogP contribution is 2.31. The van der Waals surface area contributed by atoms with Gasteiger partial charge in [0.15, 0.2) is 0 Å². The van der Waals surface area contributed by atoms with E-state index < -0.39 is 10.0 Å². The summed E-state index contributed by atoms with van der Waals surface area (Å²) in [5.74, 6) is 0.288. The van der Waals surface area contributed by atoms with Gasteiger partial charge in [-0.1, -0.05) is 6.07 Å². The molecule has 0 aliphatic carbocycles. The van der Waals surface area contributed by atoms with Gasteiger partial charge in [0, 0.05) is 13.1 Å². The topological polar surface area (TPSA) is 63.4 Å². The van der Waals surface area contributed by atoms with Crippen molar-refractivity contribution in [3.63, 3.8) is 0 Å². The molecule has 0 aromatic heterocycles. The van der Waals surface area contributed by atoms with Crippen LogP contribution in [0.25, 0.3) is 0 Å².